The first kappa shape index (κ1) is 22.9. The minimum absolute atomic E-state index is 0. The number of nitrogens with one attached hydrogen (secondary N) is 2. The molecule has 1 amide bonds. The molecule has 1 aromatic carbocycles. The molecule has 1 unspecified atom stereocenters. The van der Waals surface area contributed by atoms with Crippen molar-refractivity contribution in [3.63, 3.8) is 0 Å². The van der Waals surface area contributed by atoms with E-state index in [4.69, 9.17) is 0 Å². The fourth-order valence-corrected chi connectivity index (χ4v) is 3.14. The number of amides is 1. The van der Waals surface area contributed by atoms with Gasteiger partial charge in [0.1, 0.15) is 7.05 Å². The Morgan fingerprint density at radius 3 is 2.90 bits per heavy atom. The summed E-state index contributed by atoms with van der Waals surface area (Å²) in [6.45, 7) is 3.97. The van der Waals surface area contributed by atoms with Gasteiger partial charge in [0.2, 0.25) is 0 Å². The number of carbonyl (C=O) groups excluding carboxylic acids is 1. The Balaban J connectivity index is 0.00000256. The second-order valence-corrected chi connectivity index (χ2v) is 7.48. The van der Waals surface area contributed by atoms with E-state index in [1.807, 2.05) is 67.8 Å². The van der Waals surface area contributed by atoms with E-state index >= 15 is 0 Å². The Kier molecular flexibility index (Phi) is 8.02. The molecule has 1 atom stereocenters. The Morgan fingerprint density at radius 1 is 1.37 bits per heavy atom. The zero-order valence-corrected chi connectivity index (χ0v) is 20.7. The number of nitrogens with zero attached hydrogens (tertiary/aromatic N) is 3. The molecular weight excluding hydrogens is 401 g/mol. The second kappa shape index (κ2) is 10.5. The van der Waals surface area contributed by atoms with Crippen LogP contribution in [-0.4, -0.2) is 34.4 Å². The maximum atomic E-state index is 12.6. The van der Waals surface area contributed by atoms with Gasteiger partial charge in [0.05, 0.1) is 24.0 Å². The van der Waals surface area contributed by atoms with Gasteiger partial charge in [-0.1, -0.05) is 12.1 Å². The van der Waals surface area contributed by atoms with Crippen molar-refractivity contribution in [2.24, 2.45) is 4.99 Å². The van der Waals surface area contributed by atoms with E-state index in [1.165, 1.54) is 12.8 Å². The monoisotopic (exact) mass is 425 g/mol. The van der Waals surface area contributed by atoms with Crippen LogP contribution in [0.4, 0.5) is 5.69 Å². The van der Waals surface area contributed by atoms with Gasteiger partial charge in [-0.2, -0.15) is 0 Å². The predicted molar refractivity (Wildman–Crippen MR) is 114 cm³/mol. The van der Waals surface area contributed by atoms with E-state index in [1.54, 1.807) is 12.4 Å². The molecule has 2 heterocycles. The van der Waals surface area contributed by atoms with Crippen LogP contribution in [0.25, 0.3) is 0 Å². The summed E-state index contributed by atoms with van der Waals surface area (Å²) in [6.07, 6.45) is 12.4. The zero-order valence-electron chi connectivity index (χ0n) is 17.6. The van der Waals surface area contributed by atoms with E-state index in [0.29, 0.717) is 11.5 Å². The summed E-state index contributed by atoms with van der Waals surface area (Å²) in [7, 11) is 1.96. The summed E-state index contributed by atoms with van der Waals surface area (Å²) in [4.78, 5) is 21.1. The van der Waals surface area contributed by atoms with Crippen molar-refractivity contribution in [2.45, 2.75) is 31.7 Å². The number of hydrogen-bond acceptors (Lipinski definition) is 4. The molecule has 0 saturated heterocycles. The van der Waals surface area contributed by atoms with Gasteiger partial charge in [0, 0.05) is 24.1 Å². The summed E-state index contributed by atoms with van der Waals surface area (Å²) in [5.74, 6) is 0.430. The Morgan fingerprint density at radius 2 is 2.17 bits per heavy atom. The summed E-state index contributed by atoms with van der Waals surface area (Å²) >= 11 is 0. The van der Waals surface area contributed by atoms with Gasteiger partial charge >= 0.3 is 51.4 Å². The van der Waals surface area contributed by atoms with Crippen LogP contribution in [0, 0.1) is 12.7 Å². The quantitative estimate of drug-likeness (QED) is 0.293. The van der Waals surface area contributed by atoms with Crippen LogP contribution < -0.4 is 62.0 Å². The van der Waals surface area contributed by atoms with Gasteiger partial charge in [-0.25, -0.2) is 0 Å². The first-order chi connectivity index (χ1) is 14.1. The normalized spacial score (nSPS) is 17.4. The molecule has 4 rings (SSSR count). The number of rotatable bonds is 7. The van der Waals surface area contributed by atoms with Crippen LogP contribution in [0.5, 0.6) is 0 Å². The van der Waals surface area contributed by atoms with E-state index in [9.17, 15) is 4.79 Å². The standard InChI is InChI=1S/C23H24N5O.K/c1-16(25-8-9-26-22-14-28(2)15-22)18-4-3-5-21(11-18)27-23(29)20-10-19(12-24-13-20)17-6-7-17;/h3-5,9-17,25H,6-7H2,1-2H3,(H,27,29);/q-1;+1. The number of hydrogen-bond donors (Lipinski definition) is 2. The first-order valence-corrected chi connectivity index (χ1v) is 9.77. The van der Waals surface area contributed by atoms with Crippen LogP contribution in [0.3, 0.4) is 0 Å². The molecule has 7 heteroatoms. The Bertz CT molecular complexity index is 1010. The molecule has 1 saturated carbocycles. The molecule has 0 radical (unpaired) electrons. The van der Waals surface area contributed by atoms with Crippen LogP contribution in [0.15, 0.2) is 53.9 Å². The molecule has 0 bridgehead atoms. The van der Waals surface area contributed by atoms with E-state index in [0.717, 1.165) is 22.5 Å². The fraction of sp³-hybridized carbons (Fsp3) is 0.261. The van der Waals surface area contributed by atoms with E-state index in [-0.39, 0.29) is 63.3 Å². The molecule has 2 aliphatic rings. The SMILES string of the molecule is CC(N[C-]=CN=C1C=[N+](C)[CH-]1)c1cccc(NC(=O)c2cncc(C3CC3)c2)c1.[K+]. The largest absolute Gasteiger partial charge is 1.00 e. The molecule has 0 spiro atoms. The maximum Gasteiger partial charge on any atom is 1.00 e. The van der Waals surface area contributed by atoms with E-state index < -0.39 is 0 Å². The van der Waals surface area contributed by atoms with Crippen molar-refractivity contribution in [3.8, 4) is 0 Å². The average molecular weight is 426 g/mol. The molecule has 148 valence electrons. The predicted octanol–water partition coefficient (Wildman–Crippen LogP) is 0.470. The van der Waals surface area contributed by atoms with Crippen LogP contribution in [0.2, 0.25) is 0 Å². The number of pyridine rings is 1. The molecule has 1 aliphatic carbocycles. The van der Waals surface area contributed by atoms with Crippen molar-refractivity contribution in [1.29, 1.82) is 0 Å². The van der Waals surface area contributed by atoms with Crippen LogP contribution in [0.1, 0.15) is 53.2 Å². The third-order valence-corrected chi connectivity index (χ3v) is 4.96. The van der Waals surface area contributed by atoms with Gasteiger partial charge in [-0.15, -0.1) is 6.20 Å². The number of benzene rings is 1. The summed E-state index contributed by atoms with van der Waals surface area (Å²) in [6, 6.07) is 9.77. The molecule has 30 heavy (non-hydrogen) atoms. The average Bonchev–Trinajstić information content (AvgIpc) is 3.55. The summed E-state index contributed by atoms with van der Waals surface area (Å²) in [5.41, 5.74) is 4.46. The third-order valence-electron chi connectivity index (χ3n) is 4.96. The Labute approximate surface area is 220 Å². The zero-order chi connectivity index (χ0) is 20.2. The van der Waals surface area contributed by atoms with Crippen LogP contribution in [-0.2, 0) is 0 Å². The molecular formula is C23H24KN5O. The number of carbonyl (C=O) groups is 1. The fourth-order valence-electron chi connectivity index (χ4n) is 3.14. The van der Waals surface area contributed by atoms with Crippen molar-refractivity contribution >= 4 is 23.5 Å². The van der Waals surface area contributed by atoms with Gasteiger partial charge in [-0.05, 0) is 55.0 Å². The number of aromatic nitrogens is 1. The first-order valence-electron chi connectivity index (χ1n) is 9.77. The molecule has 1 aliphatic heterocycles. The van der Waals surface area contributed by atoms with Gasteiger partial charge < -0.3 is 26.4 Å². The van der Waals surface area contributed by atoms with Crippen molar-refractivity contribution in [2.75, 3.05) is 12.4 Å². The molecule has 1 fully saturated rings. The smallest absolute Gasteiger partial charge is 0.560 e. The second-order valence-electron chi connectivity index (χ2n) is 7.48. The number of anilines is 1. The van der Waals surface area contributed by atoms with Gasteiger partial charge in [0.15, 0.2) is 0 Å². The van der Waals surface area contributed by atoms with Gasteiger partial charge in [0.25, 0.3) is 5.91 Å². The maximum absolute atomic E-state index is 12.6. The van der Waals surface area contributed by atoms with Crippen LogP contribution >= 0.6 is 0 Å². The van der Waals surface area contributed by atoms with Crippen molar-refractivity contribution < 1.29 is 60.8 Å². The molecule has 2 aromatic rings. The third kappa shape index (κ3) is 6.12. The van der Waals surface area contributed by atoms with E-state index in [2.05, 4.69) is 26.8 Å². The minimum Gasteiger partial charge on any atom is -0.560 e. The van der Waals surface area contributed by atoms with Crippen molar-refractivity contribution in [1.82, 2.24) is 10.3 Å². The molecule has 6 nitrogen and oxygen atoms in total. The molecule has 1 aromatic heterocycles. The Hall–Kier alpha value is -1.77. The minimum atomic E-state index is -0.141. The topological polar surface area (TPSA) is 69.4 Å². The summed E-state index contributed by atoms with van der Waals surface area (Å²) < 4.78 is 1.95. The van der Waals surface area contributed by atoms with Gasteiger partial charge in [-0.3, -0.25) is 9.78 Å². The van der Waals surface area contributed by atoms with Crippen molar-refractivity contribution in [3.05, 3.63) is 78.4 Å². The molecule has 2 N–H and O–H groups in total. The number of aliphatic imine (C=N–C) groups is 1. The summed E-state index contributed by atoms with van der Waals surface area (Å²) in [5, 5.41) is 6.15.